The van der Waals surface area contributed by atoms with Gasteiger partial charge in [0.2, 0.25) is 0 Å². The van der Waals surface area contributed by atoms with Crippen LogP contribution in [0.4, 0.5) is 0 Å². The van der Waals surface area contributed by atoms with Crippen LogP contribution in [0.3, 0.4) is 0 Å². The fraction of sp³-hybridized carbons (Fsp3) is 0.304. The zero-order chi connectivity index (χ0) is 20.2. The van der Waals surface area contributed by atoms with Gasteiger partial charge in [-0.15, -0.1) is 0 Å². The van der Waals surface area contributed by atoms with Crippen molar-refractivity contribution in [1.82, 2.24) is 20.1 Å². The Morgan fingerprint density at radius 2 is 1.86 bits per heavy atom. The summed E-state index contributed by atoms with van der Waals surface area (Å²) in [6.07, 6.45) is 1.69. The first-order valence-corrected chi connectivity index (χ1v) is 10.3. The summed E-state index contributed by atoms with van der Waals surface area (Å²) < 4.78 is 0. The van der Waals surface area contributed by atoms with Crippen LogP contribution in [0.1, 0.15) is 21.5 Å². The molecule has 0 unspecified atom stereocenters. The van der Waals surface area contributed by atoms with Crippen molar-refractivity contribution in [2.24, 2.45) is 0 Å². The molecule has 2 aromatic carbocycles. The number of nitrogens with zero attached hydrogens (tertiary/aromatic N) is 3. The van der Waals surface area contributed by atoms with Crippen molar-refractivity contribution in [3.63, 3.8) is 0 Å². The minimum atomic E-state index is -0.166. The monoisotopic (exact) mass is 408 g/mol. The fourth-order valence-corrected chi connectivity index (χ4v) is 3.94. The third kappa shape index (κ3) is 4.93. The summed E-state index contributed by atoms with van der Waals surface area (Å²) in [5.74, 6) is -0.166. The Balaban J connectivity index is 1.42. The molecule has 1 saturated heterocycles. The van der Waals surface area contributed by atoms with Crippen LogP contribution in [0.2, 0.25) is 5.02 Å². The van der Waals surface area contributed by atoms with Crippen LogP contribution in [0.15, 0.2) is 54.7 Å². The molecule has 6 heteroatoms. The van der Waals surface area contributed by atoms with Gasteiger partial charge in [0, 0.05) is 55.9 Å². The average molecular weight is 409 g/mol. The molecular weight excluding hydrogens is 384 g/mol. The lowest BCUT2D eigenvalue weighted by Crippen LogP contribution is -2.43. The number of likely N-dealkylation sites (N-methyl/N-ethyl adjacent to an activating group) is 1. The largest absolute Gasteiger partial charge is 0.348 e. The Bertz CT molecular complexity index is 1010. The molecule has 1 aromatic heterocycles. The second-order valence-electron chi connectivity index (χ2n) is 7.61. The molecule has 0 radical (unpaired) electrons. The summed E-state index contributed by atoms with van der Waals surface area (Å²) in [6.45, 7) is 5.81. The van der Waals surface area contributed by atoms with Gasteiger partial charge >= 0.3 is 0 Å². The highest BCUT2D eigenvalue weighted by Crippen LogP contribution is 2.22. The molecule has 0 saturated carbocycles. The molecule has 1 aliphatic heterocycles. The van der Waals surface area contributed by atoms with Gasteiger partial charge in [0.25, 0.3) is 5.91 Å². The van der Waals surface area contributed by atoms with Gasteiger partial charge in [-0.3, -0.25) is 14.7 Å². The molecule has 1 aliphatic rings. The van der Waals surface area contributed by atoms with E-state index in [1.54, 1.807) is 12.3 Å². The Morgan fingerprint density at radius 3 is 2.69 bits per heavy atom. The molecule has 2 heterocycles. The van der Waals surface area contributed by atoms with Gasteiger partial charge < -0.3 is 10.2 Å². The quantitative estimate of drug-likeness (QED) is 0.701. The molecule has 1 fully saturated rings. The summed E-state index contributed by atoms with van der Waals surface area (Å²) in [6, 6.07) is 15.7. The first-order chi connectivity index (χ1) is 14.1. The molecule has 0 spiro atoms. The van der Waals surface area contributed by atoms with E-state index in [1.165, 1.54) is 5.56 Å². The number of fused-ring (bicyclic) bond motifs is 1. The van der Waals surface area contributed by atoms with Crippen LogP contribution in [0, 0.1) is 0 Å². The van der Waals surface area contributed by atoms with Gasteiger partial charge in [-0.2, -0.15) is 0 Å². The molecule has 4 rings (SSSR count). The highest BCUT2D eigenvalue weighted by Gasteiger charge is 2.15. The van der Waals surface area contributed by atoms with Crippen LogP contribution in [-0.2, 0) is 13.1 Å². The summed E-state index contributed by atoms with van der Waals surface area (Å²) in [4.78, 5) is 22.0. The maximum absolute atomic E-state index is 12.8. The maximum atomic E-state index is 12.8. The molecule has 1 N–H and O–H groups in total. The number of aromatic nitrogens is 1. The maximum Gasteiger partial charge on any atom is 0.253 e. The standard InChI is InChI=1S/C23H25ClN4O/c1-27-8-10-28(11-9-27)16-18-5-2-4-17(12-18)15-26-23(29)21-14-20(24)13-19-6-3-7-25-22(19)21/h2-7,12-14H,8-11,15-16H2,1H3,(H,26,29). The summed E-state index contributed by atoms with van der Waals surface area (Å²) in [7, 11) is 2.17. The molecule has 0 bridgehead atoms. The van der Waals surface area contributed by atoms with Crippen molar-refractivity contribution in [2.75, 3.05) is 33.2 Å². The second-order valence-corrected chi connectivity index (χ2v) is 8.05. The number of rotatable bonds is 5. The van der Waals surface area contributed by atoms with Gasteiger partial charge in [0.05, 0.1) is 11.1 Å². The van der Waals surface area contributed by atoms with Gasteiger partial charge in [-0.1, -0.05) is 41.9 Å². The van der Waals surface area contributed by atoms with E-state index in [0.717, 1.165) is 43.7 Å². The van der Waals surface area contributed by atoms with Gasteiger partial charge in [0.15, 0.2) is 0 Å². The summed E-state index contributed by atoms with van der Waals surface area (Å²) in [5.41, 5.74) is 3.53. The van der Waals surface area contributed by atoms with Crippen LogP contribution in [-0.4, -0.2) is 53.9 Å². The highest BCUT2D eigenvalue weighted by atomic mass is 35.5. The van der Waals surface area contributed by atoms with Gasteiger partial charge in [0.1, 0.15) is 0 Å². The van der Waals surface area contributed by atoms with E-state index < -0.39 is 0 Å². The Morgan fingerprint density at radius 1 is 1.07 bits per heavy atom. The molecular formula is C23H25ClN4O. The Hall–Kier alpha value is -2.47. The van der Waals surface area contributed by atoms with Crippen molar-refractivity contribution in [1.29, 1.82) is 0 Å². The van der Waals surface area contributed by atoms with E-state index >= 15 is 0 Å². The number of amides is 1. The minimum Gasteiger partial charge on any atom is -0.348 e. The lowest BCUT2D eigenvalue weighted by molar-refractivity contribution is 0.0952. The van der Waals surface area contributed by atoms with Crippen LogP contribution in [0.5, 0.6) is 0 Å². The molecule has 3 aromatic rings. The number of halogens is 1. The number of carbonyl (C=O) groups is 1. The average Bonchev–Trinajstić information content (AvgIpc) is 2.73. The predicted octanol–water partition coefficient (Wildman–Crippen LogP) is 3.57. The van der Waals surface area contributed by atoms with E-state index in [4.69, 9.17) is 11.6 Å². The third-order valence-corrected chi connectivity index (χ3v) is 5.58. The SMILES string of the molecule is CN1CCN(Cc2cccc(CNC(=O)c3cc(Cl)cc4cccnc34)c2)CC1. The molecule has 5 nitrogen and oxygen atoms in total. The van der Waals surface area contributed by atoms with E-state index in [9.17, 15) is 4.79 Å². The lowest BCUT2D eigenvalue weighted by atomic mass is 10.1. The van der Waals surface area contributed by atoms with E-state index in [2.05, 4.69) is 45.3 Å². The predicted molar refractivity (Wildman–Crippen MR) is 117 cm³/mol. The van der Waals surface area contributed by atoms with Crippen molar-refractivity contribution < 1.29 is 4.79 Å². The number of nitrogens with one attached hydrogen (secondary N) is 1. The normalized spacial score (nSPS) is 15.5. The zero-order valence-corrected chi connectivity index (χ0v) is 17.3. The van der Waals surface area contributed by atoms with E-state index in [0.29, 0.717) is 22.6 Å². The summed E-state index contributed by atoms with van der Waals surface area (Å²) in [5, 5.41) is 4.41. The van der Waals surface area contributed by atoms with Crippen molar-refractivity contribution in [3.8, 4) is 0 Å². The van der Waals surface area contributed by atoms with Crippen LogP contribution in [0.25, 0.3) is 10.9 Å². The van der Waals surface area contributed by atoms with Crippen molar-refractivity contribution in [3.05, 3.63) is 76.4 Å². The van der Waals surface area contributed by atoms with Crippen molar-refractivity contribution in [2.45, 2.75) is 13.1 Å². The number of benzene rings is 2. The lowest BCUT2D eigenvalue weighted by Gasteiger charge is -2.32. The topological polar surface area (TPSA) is 48.5 Å². The molecule has 0 aliphatic carbocycles. The van der Waals surface area contributed by atoms with E-state index in [-0.39, 0.29) is 5.91 Å². The molecule has 150 valence electrons. The van der Waals surface area contributed by atoms with Gasteiger partial charge in [-0.25, -0.2) is 0 Å². The van der Waals surface area contributed by atoms with Crippen LogP contribution >= 0.6 is 11.6 Å². The second kappa shape index (κ2) is 8.91. The minimum absolute atomic E-state index is 0.166. The summed E-state index contributed by atoms with van der Waals surface area (Å²) >= 11 is 6.19. The smallest absolute Gasteiger partial charge is 0.253 e. The third-order valence-electron chi connectivity index (χ3n) is 5.36. The number of pyridine rings is 1. The van der Waals surface area contributed by atoms with Crippen molar-refractivity contribution >= 4 is 28.4 Å². The molecule has 29 heavy (non-hydrogen) atoms. The molecule has 1 amide bonds. The number of piperazine rings is 1. The number of hydrogen-bond acceptors (Lipinski definition) is 4. The fourth-order valence-electron chi connectivity index (χ4n) is 3.71. The zero-order valence-electron chi connectivity index (χ0n) is 16.6. The first kappa shape index (κ1) is 19.8. The van der Waals surface area contributed by atoms with Gasteiger partial charge in [-0.05, 0) is 36.4 Å². The number of hydrogen-bond donors (Lipinski definition) is 1. The van der Waals surface area contributed by atoms with E-state index in [1.807, 2.05) is 24.3 Å². The Kier molecular flexibility index (Phi) is 6.09. The number of carbonyl (C=O) groups excluding carboxylic acids is 1. The van der Waals surface area contributed by atoms with Crippen LogP contribution < -0.4 is 5.32 Å². The first-order valence-electron chi connectivity index (χ1n) is 9.90. The molecule has 0 atom stereocenters. The highest BCUT2D eigenvalue weighted by molar-refractivity contribution is 6.32. The Labute approximate surface area is 176 Å².